The lowest BCUT2D eigenvalue weighted by molar-refractivity contribution is 0.0696. The van der Waals surface area contributed by atoms with Crippen molar-refractivity contribution in [1.29, 1.82) is 0 Å². The van der Waals surface area contributed by atoms with Gasteiger partial charge in [-0.2, -0.15) is 5.01 Å². The number of hydrogen-bond acceptors (Lipinski definition) is 6. The van der Waals surface area contributed by atoms with Crippen LogP contribution in [0.2, 0.25) is 0 Å². The molecule has 188 valence electrons. The summed E-state index contributed by atoms with van der Waals surface area (Å²) in [6.45, 7) is 1.64. The molecule has 10 heteroatoms. The minimum absolute atomic E-state index is 0.0306. The fraction of sp³-hybridized carbons (Fsp3) is 0.148. The highest BCUT2D eigenvalue weighted by Crippen LogP contribution is 2.24. The largest absolute Gasteiger partial charge is 0.478 e. The van der Waals surface area contributed by atoms with Crippen molar-refractivity contribution in [2.24, 2.45) is 12.1 Å². The van der Waals surface area contributed by atoms with Crippen molar-refractivity contribution < 1.29 is 24.6 Å². The summed E-state index contributed by atoms with van der Waals surface area (Å²) in [7, 11) is 5.39. The summed E-state index contributed by atoms with van der Waals surface area (Å²) in [5.74, 6) is -3.30. The van der Waals surface area contributed by atoms with E-state index in [1.54, 1.807) is 19.1 Å². The Labute approximate surface area is 211 Å². The van der Waals surface area contributed by atoms with Crippen LogP contribution in [0.15, 0.2) is 58.4 Å². The van der Waals surface area contributed by atoms with Crippen LogP contribution in [0.25, 0.3) is 12.2 Å². The van der Waals surface area contributed by atoms with Gasteiger partial charge in [0.1, 0.15) is 0 Å². The van der Waals surface area contributed by atoms with Gasteiger partial charge in [-0.3, -0.25) is 14.2 Å². The number of allylic oxidation sites excluding steroid dienone is 1. The average molecular weight is 501 g/mol. The van der Waals surface area contributed by atoms with E-state index in [0.29, 0.717) is 10.8 Å². The zero-order valence-electron chi connectivity index (χ0n) is 20.6. The highest BCUT2D eigenvalue weighted by atomic mass is 16.4. The third-order valence-corrected chi connectivity index (χ3v) is 6.07. The molecule has 10 nitrogen and oxygen atoms in total. The number of benzene rings is 2. The summed E-state index contributed by atoms with van der Waals surface area (Å²) >= 11 is 0. The zero-order valence-corrected chi connectivity index (χ0v) is 20.6. The molecule has 1 aromatic heterocycles. The lowest BCUT2D eigenvalue weighted by atomic mass is 10.1. The number of carbonyl (C=O) groups excluding carboxylic acids is 1. The van der Waals surface area contributed by atoms with Gasteiger partial charge < -0.3 is 15.1 Å². The Morgan fingerprint density at radius 2 is 1.57 bits per heavy atom. The second-order valence-corrected chi connectivity index (χ2v) is 8.71. The molecule has 0 aliphatic carbocycles. The molecule has 1 aliphatic heterocycles. The van der Waals surface area contributed by atoms with Gasteiger partial charge in [-0.05, 0) is 54.5 Å². The summed E-state index contributed by atoms with van der Waals surface area (Å²) in [5, 5.41) is 24.2. The van der Waals surface area contributed by atoms with E-state index in [4.69, 9.17) is 0 Å². The van der Waals surface area contributed by atoms with Gasteiger partial charge in [0.15, 0.2) is 5.49 Å². The highest BCUT2D eigenvalue weighted by Gasteiger charge is 2.30. The number of pyridine rings is 1. The van der Waals surface area contributed by atoms with Gasteiger partial charge in [0.2, 0.25) is 0 Å². The molecule has 1 aliphatic rings. The number of nitrogens with zero attached hydrogens (tertiary/aromatic N) is 4. The van der Waals surface area contributed by atoms with Gasteiger partial charge >= 0.3 is 11.9 Å². The molecule has 0 spiro atoms. The molecule has 0 saturated carbocycles. The SMILES string of the molecule is Cc1c2c(n(C)c(=O)/c1=C\C=Cc1ccc(N(C)C)cc1)=NN(c1cc(C(=O)O)cc(C(=O)O)c1)C2=O. The van der Waals surface area contributed by atoms with E-state index in [-0.39, 0.29) is 33.4 Å². The number of hydrogen-bond donors (Lipinski definition) is 2. The molecule has 0 atom stereocenters. The van der Waals surface area contributed by atoms with Crippen LogP contribution in [0.3, 0.4) is 0 Å². The molecule has 0 radical (unpaired) electrons. The fourth-order valence-electron chi connectivity index (χ4n) is 4.02. The van der Waals surface area contributed by atoms with Crippen molar-refractivity contribution in [2.45, 2.75) is 6.92 Å². The van der Waals surface area contributed by atoms with Gasteiger partial charge in [-0.15, -0.1) is 5.10 Å². The summed E-state index contributed by atoms with van der Waals surface area (Å²) in [6, 6.07) is 11.2. The quantitative estimate of drug-likeness (QED) is 0.528. The number of rotatable bonds is 6. The molecular weight excluding hydrogens is 476 g/mol. The minimum atomic E-state index is -1.35. The van der Waals surface area contributed by atoms with Crippen LogP contribution < -0.4 is 26.2 Å². The molecular formula is C27H24N4O6. The molecule has 2 aromatic carbocycles. The van der Waals surface area contributed by atoms with Crippen LogP contribution >= 0.6 is 0 Å². The standard InChI is InChI=1S/C27H24N4O6/c1-15-21(7-5-6-16-8-10-19(11-9-16)29(2)3)24(32)30(4)23-22(15)25(33)31(28-23)20-13-17(26(34)35)12-18(14-20)27(36)37/h5-14H,1-4H3,(H,34,35)(H,36,37)/b6-5?,21-7-. The maximum atomic E-state index is 13.4. The van der Waals surface area contributed by atoms with Crippen LogP contribution in [0.4, 0.5) is 11.4 Å². The van der Waals surface area contributed by atoms with Gasteiger partial charge in [0, 0.05) is 32.0 Å². The van der Waals surface area contributed by atoms with E-state index in [9.17, 15) is 29.4 Å². The van der Waals surface area contributed by atoms with Gasteiger partial charge in [-0.1, -0.05) is 24.3 Å². The number of carboxylic acid groups (broad SMARTS) is 2. The second kappa shape index (κ2) is 9.57. The lowest BCUT2D eigenvalue weighted by Gasteiger charge is -2.14. The number of aromatic nitrogens is 1. The Balaban J connectivity index is 1.77. The van der Waals surface area contributed by atoms with Crippen LogP contribution in [0.5, 0.6) is 0 Å². The van der Waals surface area contributed by atoms with Crippen molar-refractivity contribution >= 4 is 41.4 Å². The zero-order chi connectivity index (χ0) is 27.0. The molecule has 0 unspecified atom stereocenters. The third kappa shape index (κ3) is 4.64. The number of aromatic carboxylic acids is 2. The van der Waals surface area contributed by atoms with E-state index in [1.807, 2.05) is 49.3 Å². The first-order valence-corrected chi connectivity index (χ1v) is 11.2. The van der Waals surface area contributed by atoms with E-state index < -0.39 is 17.8 Å². The predicted octanol–water partition coefficient (Wildman–Crippen LogP) is 1.85. The molecule has 37 heavy (non-hydrogen) atoms. The van der Waals surface area contributed by atoms with Crippen molar-refractivity contribution in [2.75, 3.05) is 24.0 Å². The molecule has 4 rings (SSSR count). The Hall–Kier alpha value is -4.99. The Morgan fingerprint density at radius 3 is 2.11 bits per heavy atom. The van der Waals surface area contributed by atoms with Crippen molar-refractivity contribution in [3.8, 4) is 0 Å². The normalized spacial score (nSPS) is 13.1. The molecule has 2 N–H and O–H groups in total. The van der Waals surface area contributed by atoms with Crippen LogP contribution in [0.1, 0.15) is 42.2 Å². The lowest BCUT2D eigenvalue weighted by Crippen LogP contribution is -2.44. The topological polar surface area (TPSA) is 133 Å². The van der Waals surface area contributed by atoms with E-state index in [1.165, 1.54) is 11.6 Å². The third-order valence-electron chi connectivity index (χ3n) is 6.07. The number of carbonyl (C=O) groups is 3. The number of fused-ring (bicyclic) bond motifs is 1. The number of anilines is 2. The predicted molar refractivity (Wildman–Crippen MR) is 139 cm³/mol. The molecule has 0 bridgehead atoms. The van der Waals surface area contributed by atoms with E-state index in [2.05, 4.69) is 5.10 Å². The van der Waals surface area contributed by atoms with Gasteiger partial charge in [0.05, 0.1) is 22.4 Å². The molecule has 0 saturated heterocycles. The van der Waals surface area contributed by atoms with Crippen LogP contribution in [-0.2, 0) is 7.05 Å². The minimum Gasteiger partial charge on any atom is -0.478 e. The molecule has 2 heterocycles. The number of carboxylic acids is 2. The summed E-state index contributed by atoms with van der Waals surface area (Å²) in [5.41, 5.74) is 1.66. The van der Waals surface area contributed by atoms with E-state index >= 15 is 0 Å². The first kappa shape index (κ1) is 25.1. The molecule has 3 aromatic rings. The number of amides is 1. The average Bonchev–Trinajstić information content (AvgIpc) is 3.22. The molecule has 0 fully saturated rings. The fourth-order valence-corrected chi connectivity index (χ4v) is 4.02. The maximum Gasteiger partial charge on any atom is 0.335 e. The van der Waals surface area contributed by atoms with Gasteiger partial charge in [0.25, 0.3) is 11.5 Å². The summed E-state index contributed by atoms with van der Waals surface area (Å²) in [4.78, 5) is 51.5. The Bertz CT molecular complexity index is 1630. The van der Waals surface area contributed by atoms with E-state index in [0.717, 1.165) is 34.5 Å². The summed E-state index contributed by atoms with van der Waals surface area (Å²) < 4.78 is 1.24. The van der Waals surface area contributed by atoms with Crippen LogP contribution in [0, 0.1) is 6.92 Å². The Morgan fingerprint density at radius 1 is 0.973 bits per heavy atom. The smallest absolute Gasteiger partial charge is 0.335 e. The highest BCUT2D eigenvalue weighted by molar-refractivity contribution is 6.09. The maximum absolute atomic E-state index is 13.4. The first-order valence-electron chi connectivity index (χ1n) is 11.2. The second-order valence-electron chi connectivity index (χ2n) is 8.71. The molecule has 1 amide bonds. The first-order chi connectivity index (χ1) is 17.5. The summed E-state index contributed by atoms with van der Waals surface area (Å²) in [6.07, 6.45) is 5.20. The van der Waals surface area contributed by atoms with Crippen molar-refractivity contribution in [3.05, 3.63) is 97.4 Å². The monoisotopic (exact) mass is 500 g/mol. The van der Waals surface area contributed by atoms with Crippen molar-refractivity contribution in [3.63, 3.8) is 0 Å². The van der Waals surface area contributed by atoms with Crippen molar-refractivity contribution in [1.82, 2.24) is 4.57 Å². The van der Waals surface area contributed by atoms with Gasteiger partial charge in [-0.25, -0.2) is 9.59 Å². The Kier molecular flexibility index (Phi) is 6.50. The van der Waals surface area contributed by atoms with Crippen LogP contribution in [-0.4, -0.2) is 46.7 Å².